The molecule has 2 fully saturated rings. The summed E-state index contributed by atoms with van der Waals surface area (Å²) in [6.45, 7) is 1.68. The van der Waals surface area contributed by atoms with E-state index in [1.165, 1.54) is 54.6 Å². The fourth-order valence-corrected chi connectivity index (χ4v) is 7.36. The number of aromatic hydroxyl groups is 6. The highest BCUT2D eigenvalue weighted by atomic mass is 16.8. The van der Waals surface area contributed by atoms with E-state index in [0.717, 1.165) is 0 Å². The first-order chi connectivity index (χ1) is 21.0. The Morgan fingerprint density at radius 2 is 1.45 bits per heavy atom. The Hall–Kier alpha value is -5.35. The third-order valence-corrected chi connectivity index (χ3v) is 9.31. The Morgan fingerprint density at radius 3 is 2.20 bits per heavy atom. The largest absolute Gasteiger partial charge is 0.508 e. The Bertz CT molecular complexity index is 1970. The molecule has 10 heteroatoms. The van der Waals surface area contributed by atoms with Crippen molar-refractivity contribution in [1.29, 1.82) is 0 Å². The summed E-state index contributed by atoms with van der Waals surface area (Å²) in [6.07, 6.45) is 3.44. The normalized spacial score (nSPS) is 29.1. The summed E-state index contributed by atoms with van der Waals surface area (Å²) in [5.41, 5.74) is -0.756. The number of phenols is 6. The van der Waals surface area contributed by atoms with Crippen LogP contribution in [-0.2, 0) is 15.3 Å². The van der Waals surface area contributed by atoms with Crippen LogP contribution in [0.4, 0.5) is 0 Å². The number of Topliss-reactive ketones (excluding diaryl/α,β-unsaturated/α-hetero) is 1. The van der Waals surface area contributed by atoms with E-state index in [2.05, 4.69) is 0 Å². The molecule has 4 aromatic carbocycles. The second-order valence-electron chi connectivity index (χ2n) is 12.0. The highest BCUT2D eigenvalue weighted by molar-refractivity contribution is 5.99. The van der Waals surface area contributed by atoms with Gasteiger partial charge in [0.05, 0.1) is 11.5 Å². The molecule has 222 valence electrons. The number of rotatable bonds is 3. The molecular weight excluding hydrogens is 568 g/mol. The highest BCUT2D eigenvalue weighted by Gasteiger charge is 2.87. The summed E-state index contributed by atoms with van der Waals surface area (Å²) in [5, 5.41) is 62.6. The van der Waals surface area contributed by atoms with Gasteiger partial charge in [-0.3, -0.25) is 4.79 Å². The molecule has 6 N–H and O–H groups in total. The van der Waals surface area contributed by atoms with Crippen molar-refractivity contribution in [2.75, 3.05) is 0 Å². The average molecular weight is 595 g/mol. The first-order valence-electron chi connectivity index (χ1n) is 14.0. The predicted molar refractivity (Wildman–Crippen MR) is 155 cm³/mol. The van der Waals surface area contributed by atoms with E-state index in [0.29, 0.717) is 22.4 Å². The number of hydrogen-bond acceptors (Lipinski definition) is 10. The molecule has 1 saturated heterocycles. The van der Waals surface area contributed by atoms with E-state index in [-0.39, 0.29) is 63.6 Å². The molecule has 0 aromatic heterocycles. The molecule has 4 aliphatic rings. The third-order valence-electron chi connectivity index (χ3n) is 9.31. The number of benzene rings is 4. The molecule has 5 atom stereocenters. The third kappa shape index (κ3) is 3.31. The molecule has 5 unspecified atom stereocenters. The second kappa shape index (κ2) is 8.39. The molecule has 1 saturated carbocycles. The van der Waals surface area contributed by atoms with Crippen molar-refractivity contribution < 1.29 is 49.6 Å². The van der Waals surface area contributed by atoms with E-state index in [9.17, 15) is 35.4 Å². The van der Waals surface area contributed by atoms with E-state index < -0.39 is 28.8 Å². The molecule has 44 heavy (non-hydrogen) atoms. The number of hydrogen-bond donors (Lipinski definition) is 6. The van der Waals surface area contributed by atoms with Gasteiger partial charge in [0.25, 0.3) is 5.79 Å². The monoisotopic (exact) mass is 594 g/mol. The number of fused-ring (bicyclic) bond motifs is 6. The van der Waals surface area contributed by atoms with Crippen molar-refractivity contribution in [3.05, 3.63) is 94.5 Å². The van der Waals surface area contributed by atoms with E-state index in [4.69, 9.17) is 14.2 Å². The molecule has 3 aliphatic heterocycles. The molecule has 4 aromatic rings. The number of epoxide rings is 1. The summed E-state index contributed by atoms with van der Waals surface area (Å²) in [6, 6.07) is 16.0. The minimum absolute atomic E-state index is 0.0305. The number of phenolic OH excluding ortho intramolecular Hbond substituents is 6. The van der Waals surface area contributed by atoms with Crippen LogP contribution >= 0.6 is 0 Å². The summed E-state index contributed by atoms with van der Waals surface area (Å²) in [4.78, 5) is 14.5. The van der Waals surface area contributed by atoms with Crippen molar-refractivity contribution in [2.24, 2.45) is 0 Å². The fraction of sp³-hybridized carbons (Fsp3) is 0.206. The van der Waals surface area contributed by atoms with Gasteiger partial charge in [0.1, 0.15) is 46.0 Å². The number of ketones is 1. The molecule has 1 aliphatic carbocycles. The van der Waals surface area contributed by atoms with Crippen molar-refractivity contribution in [1.82, 2.24) is 0 Å². The van der Waals surface area contributed by atoms with Crippen LogP contribution in [0.15, 0.2) is 66.7 Å². The predicted octanol–water partition coefficient (Wildman–Crippen LogP) is 5.10. The minimum Gasteiger partial charge on any atom is -0.508 e. The van der Waals surface area contributed by atoms with Crippen LogP contribution in [0.2, 0.25) is 0 Å². The van der Waals surface area contributed by atoms with Crippen LogP contribution in [0.1, 0.15) is 53.0 Å². The summed E-state index contributed by atoms with van der Waals surface area (Å²) < 4.78 is 19.4. The Morgan fingerprint density at radius 1 is 0.750 bits per heavy atom. The Labute approximate surface area is 250 Å². The maximum atomic E-state index is 14.5. The Kier molecular flexibility index (Phi) is 5.01. The maximum absolute atomic E-state index is 14.5. The molecular formula is C34H26O10. The van der Waals surface area contributed by atoms with Crippen LogP contribution < -0.4 is 9.47 Å². The lowest BCUT2D eigenvalue weighted by Gasteiger charge is -2.51. The molecule has 10 nitrogen and oxygen atoms in total. The average Bonchev–Trinajstić information content (AvgIpc) is 3.63. The summed E-state index contributed by atoms with van der Waals surface area (Å²) in [5.74, 6) is -4.11. The lowest BCUT2D eigenvalue weighted by atomic mass is 9.56. The Balaban J connectivity index is 1.34. The lowest BCUT2D eigenvalue weighted by molar-refractivity contribution is -0.145. The van der Waals surface area contributed by atoms with Crippen LogP contribution in [0.25, 0.3) is 12.2 Å². The van der Waals surface area contributed by atoms with Crippen molar-refractivity contribution in [3.8, 4) is 46.0 Å². The fourth-order valence-electron chi connectivity index (χ4n) is 7.36. The van der Waals surface area contributed by atoms with Crippen LogP contribution in [-0.4, -0.2) is 47.6 Å². The van der Waals surface area contributed by atoms with Gasteiger partial charge in [-0.1, -0.05) is 18.2 Å². The van der Waals surface area contributed by atoms with Crippen LogP contribution in [0, 0.1) is 0 Å². The van der Waals surface area contributed by atoms with Crippen LogP contribution in [0.3, 0.4) is 0 Å². The van der Waals surface area contributed by atoms with Gasteiger partial charge in [0, 0.05) is 47.2 Å². The number of ether oxygens (including phenoxy) is 3. The van der Waals surface area contributed by atoms with Gasteiger partial charge in [-0.05, 0) is 55.0 Å². The first kappa shape index (κ1) is 26.3. The molecule has 2 bridgehead atoms. The maximum Gasteiger partial charge on any atom is 0.272 e. The van der Waals surface area contributed by atoms with Gasteiger partial charge >= 0.3 is 0 Å². The van der Waals surface area contributed by atoms with Gasteiger partial charge in [0.15, 0.2) is 17.0 Å². The molecule has 0 radical (unpaired) electrons. The molecule has 0 amide bonds. The van der Waals surface area contributed by atoms with Gasteiger partial charge in [0.2, 0.25) is 0 Å². The minimum atomic E-state index is -1.68. The number of carbonyl (C=O) groups is 1. The summed E-state index contributed by atoms with van der Waals surface area (Å²) >= 11 is 0. The summed E-state index contributed by atoms with van der Waals surface area (Å²) in [7, 11) is 0. The molecule has 3 heterocycles. The smallest absolute Gasteiger partial charge is 0.272 e. The van der Waals surface area contributed by atoms with Gasteiger partial charge in [-0.2, -0.15) is 0 Å². The highest BCUT2D eigenvalue weighted by Crippen LogP contribution is 2.77. The topological polar surface area (TPSA) is 169 Å². The first-order valence-corrected chi connectivity index (χ1v) is 14.0. The van der Waals surface area contributed by atoms with E-state index in [1.807, 2.05) is 0 Å². The van der Waals surface area contributed by atoms with Gasteiger partial charge in [-0.25, -0.2) is 0 Å². The van der Waals surface area contributed by atoms with Gasteiger partial charge in [-0.15, -0.1) is 0 Å². The van der Waals surface area contributed by atoms with E-state index >= 15 is 0 Å². The SMILES string of the molecule is CC12CC(c3ccc(O)cc3O1)C13OC1(c1ccc(O)cc1O)Oc1cc(/C=C/c4ccc(O)cc4O)cc(O)c1C3C2=O. The second-order valence-corrected chi connectivity index (χ2v) is 12.0. The molecule has 1 spiro atoms. The zero-order valence-electron chi connectivity index (χ0n) is 23.2. The zero-order valence-corrected chi connectivity index (χ0v) is 23.2. The van der Waals surface area contributed by atoms with Crippen molar-refractivity contribution in [3.63, 3.8) is 0 Å². The lowest BCUT2D eigenvalue weighted by Crippen LogP contribution is -2.61. The van der Waals surface area contributed by atoms with E-state index in [1.54, 1.807) is 31.2 Å². The van der Waals surface area contributed by atoms with Gasteiger partial charge < -0.3 is 44.8 Å². The standard InChI is InChI=1S/C34H26O10/c1-32-15-23(21-8-6-20(37)14-27(21)42-32)33-30(31(32)41)29-26(40)10-16(2-3-17-4-5-18(35)12-24(17)38)11-28(29)43-34(33,44-33)22-9-7-19(36)13-25(22)39/h2-14,23,30,35-40H,15H2,1H3/b3-2+. The van der Waals surface area contributed by atoms with Crippen LogP contribution in [0.5, 0.6) is 46.0 Å². The quantitative estimate of drug-likeness (QED) is 0.139. The number of carbonyl (C=O) groups excluding carboxylic acids is 1. The van der Waals surface area contributed by atoms with Crippen molar-refractivity contribution >= 4 is 17.9 Å². The van der Waals surface area contributed by atoms with Crippen molar-refractivity contribution in [2.45, 2.75) is 42.2 Å². The zero-order chi connectivity index (χ0) is 30.8. The molecule has 8 rings (SSSR count).